The van der Waals surface area contributed by atoms with Crippen LogP contribution in [0.5, 0.6) is 0 Å². The summed E-state index contributed by atoms with van der Waals surface area (Å²) in [6.07, 6.45) is 1.90. The summed E-state index contributed by atoms with van der Waals surface area (Å²) < 4.78 is 7.32. The van der Waals surface area contributed by atoms with Gasteiger partial charge in [-0.25, -0.2) is 4.79 Å². The van der Waals surface area contributed by atoms with Gasteiger partial charge in [0.2, 0.25) is 0 Å². The third-order valence-electron chi connectivity index (χ3n) is 5.79. The first kappa shape index (κ1) is 21.4. The van der Waals surface area contributed by atoms with E-state index in [2.05, 4.69) is 4.90 Å². The van der Waals surface area contributed by atoms with Gasteiger partial charge in [-0.15, -0.1) is 0 Å². The number of aromatic nitrogens is 1. The number of carbonyl (C=O) groups excluding carboxylic acids is 2. The van der Waals surface area contributed by atoms with E-state index in [9.17, 15) is 9.59 Å². The minimum Gasteiger partial charge on any atom is -0.465 e. The van der Waals surface area contributed by atoms with Gasteiger partial charge in [0.15, 0.2) is 0 Å². The molecule has 0 unspecified atom stereocenters. The van der Waals surface area contributed by atoms with E-state index < -0.39 is 6.04 Å². The van der Waals surface area contributed by atoms with Crippen molar-refractivity contribution in [3.63, 3.8) is 0 Å². The highest BCUT2D eigenvalue weighted by Crippen LogP contribution is 2.27. The zero-order chi connectivity index (χ0) is 22.0. The van der Waals surface area contributed by atoms with Crippen LogP contribution in [0, 0.1) is 0 Å². The molecule has 0 N–H and O–H groups in total. The largest absolute Gasteiger partial charge is 0.465 e. The topological polar surface area (TPSA) is 54.8 Å². The third-order valence-corrected chi connectivity index (χ3v) is 6.04. The number of benzene rings is 2. The van der Waals surface area contributed by atoms with E-state index >= 15 is 0 Å². The zero-order valence-electron chi connectivity index (χ0n) is 17.8. The smallest absolute Gasteiger partial charge is 0.328 e. The Labute approximate surface area is 186 Å². The number of esters is 1. The summed E-state index contributed by atoms with van der Waals surface area (Å²) in [6.45, 7) is 4.39. The number of amides is 1. The second-order valence-electron chi connectivity index (χ2n) is 7.71. The van der Waals surface area contributed by atoms with Crippen LogP contribution in [0.4, 0.5) is 0 Å². The van der Waals surface area contributed by atoms with Crippen LogP contribution in [-0.2, 0) is 16.6 Å². The van der Waals surface area contributed by atoms with Gasteiger partial charge in [-0.3, -0.25) is 9.69 Å². The SMILES string of the molecule is CCOC(=O)[C@H](c1ccc(Cl)cc1)N1CCN(C(=O)c2cn(C)c3ccccc23)CC1. The monoisotopic (exact) mass is 439 g/mol. The maximum absolute atomic E-state index is 13.2. The first-order valence-electron chi connectivity index (χ1n) is 10.5. The van der Waals surface area contributed by atoms with Gasteiger partial charge < -0.3 is 14.2 Å². The van der Waals surface area contributed by atoms with Crippen molar-refractivity contribution in [1.29, 1.82) is 0 Å². The first-order chi connectivity index (χ1) is 15.0. The van der Waals surface area contributed by atoms with Crippen molar-refractivity contribution < 1.29 is 14.3 Å². The highest BCUT2D eigenvalue weighted by molar-refractivity contribution is 6.30. The predicted octanol–water partition coefficient (Wildman–Crippen LogP) is 3.89. The van der Waals surface area contributed by atoms with Gasteiger partial charge in [0.1, 0.15) is 6.04 Å². The molecule has 0 radical (unpaired) electrons. The average molecular weight is 440 g/mol. The Kier molecular flexibility index (Phi) is 6.30. The highest BCUT2D eigenvalue weighted by Gasteiger charge is 2.33. The lowest BCUT2D eigenvalue weighted by Gasteiger charge is -2.38. The van der Waals surface area contributed by atoms with Crippen LogP contribution in [0.2, 0.25) is 5.02 Å². The van der Waals surface area contributed by atoms with Gasteiger partial charge in [-0.1, -0.05) is 41.9 Å². The van der Waals surface area contributed by atoms with Crippen LogP contribution < -0.4 is 0 Å². The Bertz CT molecular complexity index is 1090. The summed E-state index contributed by atoms with van der Waals surface area (Å²) in [7, 11) is 1.95. The summed E-state index contributed by atoms with van der Waals surface area (Å²) in [5, 5.41) is 1.58. The molecule has 4 rings (SSSR count). The summed E-state index contributed by atoms with van der Waals surface area (Å²) in [6, 6.07) is 14.7. The fourth-order valence-corrected chi connectivity index (χ4v) is 4.35. The second-order valence-corrected chi connectivity index (χ2v) is 8.14. The van der Waals surface area contributed by atoms with E-state index in [1.807, 2.05) is 59.1 Å². The Morgan fingerprint density at radius 1 is 1.03 bits per heavy atom. The lowest BCUT2D eigenvalue weighted by molar-refractivity contribution is -0.150. The van der Waals surface area contributed by atoms with Crippen LogP contribution in [-0.4, -0.2) is 59.0 Å². The van der Waals surface area contributed by atoms with Crippen LogP contribution in [0.1, 0.15) is 28.9 Å². The number of hydrogen-bond donors (Lipinski definition) is 0. The number of fused-ring (bicyclic) bond motifs is 1. The molecule has 2 aromatic carbocycles. The quantitative estimate of drug-likeness (QED) is 0.566. The molecule has 0 saturated carbocycles. The molecule has 0 bridgehead atoms. The number of piperazine rings is 1. The molecule has 162 valence electrons. The standard InChI is InChI=1S/C24H26ClN3O3/c1-3-31-24(30)22(17-8-10-18(25)11-9-17)27-12-14-28(15-13-27)23(29)20-16-26(2)21-7-5-4-6-19(20)21/h4-11,16,22H,3,12-15H2,1-2H3/t22-/m0/s1. The number of aryl methyl sites for hydroxylation is 1. The Balaban J connectivity index is 1.51. The average Bonchev–Trinajstić information content (AvgIpc) is 3.12. The molecular formula is C24H26ClN3O3. The van der Waals surface area contributed by atoms with Crippen molar-refractivity contribution in [2.24, 2.45) is 7.05 Å². The third kappa shape index (κ3) is 4.31. The van der Waals surface area contributed by atoms with E-state index in [1.165, 1.54) is 0 Å². The maximum atomic E-state index is 13.2. The van der Waals surface area contributed by atoms with Crippen LogP contribution in [0.25, 0.3) is 10.9 Å². The van der Waals surface area contributed by atoms with Crippen molar-refractivity contribution in [2.45, 2.75) is 13.0 Å². The van der Waals surface area contributed by atoms with Crippen molar-refractivity contribution in [3.05, 3.63) is 70.9 Å². The number of halogens is 1. The zero-order valence-corrected chi connectivity index (χ0v) is 18.5. The Morgan fingerprint density at radius 2 is 1.71 bits per heavy atom. The van der Waals surface area contributed by atoms with Gasteiger partial charge >= 0.3 is 5.97 Å². The normalized spacial score (nSPS) is 15.8. The Hall–Kier alpha value is -2.83. The van der Waals surface area contributed by atoms with Crippen molar-refractivity contribution in [2.75, 3.05) is 32.8 Å². The molecule has 0 spiro atoms. The molecule has 6 nitrogen and oxygen atoms in total. The minimum atomic E-state index is -0.507. The first-order valence-corrected chi connectivity index (χ1v) is 10.9. The molecule has 1 amide bonds. The van der Waals surface area contributed by atoms with Crippen molar-refractivity contribution >= 4 is 34.4 Å². The fourth-order valence-electron chi connectivity index (χ4n) is 4.23. The van der Waals surface area contributed by atoms with E-state index in [0.29, 0.717) is 43.4 Å². The van der Waals surface area contributed by atoms with Crippen molar-refractivity contribution in [1.82, 2.24) is 14.4 Å². The van der Waals surface area contributed by atoms with Crippen molar-refractivity contribution in [3.8, 4) is 0 Å². The summed E-state index contributed by atoms with van der Waals surface area (Å²) in [5.41, 5.74) is 2.59. The highest BCUT2D eigenvalue weighted by atomic mass is 35.5. The van der Waals surface area contributed by atoms with Gasteiger partial charge in [0.05, 0.1) is 12.2 Å². The fraction of sp³-hybridized carbons (Fsp3) is 0.333. The molecule has 1 fully saturated rings. The summed E-state index contributed by atoms with van der Waals surface area (Å²) >= 11 is 6.02. The Morgan fingerprint density at radius 3 is 2.39 bits per heavy atom. The van der Waals surface area contributed by atoms with Crippen LogP contribution in [0.15, 0.2) is 54.7 Å². The van der Waals surface area contributed by atoms with Gasteiger partial charge in [0.25, 0.3) is 5.91 Å². The summed E-state index contributed by atoms with van der Waals surface area (Å²) in [4.78, 5) is 29.9. The second kappa shape index (κ2) is 9.12. The molecule has 2 heterocycles. The van der Waals surface area contributed by atoms with Gasteiger partial charge in [0, 0.05) is 55.3 Å². The number of para-hydroxylation sites is 1. The predicted molar refractivity (Wildman–Crippen MR) is 121 cm³/mol. The number of hydrogen-bond acceptors (Lipinski definition) is 4. The summed E-state index contributed by atoms with van der Waals surface area (Å²) in [5.74, 6) is -0.255. The molecule has 1 aliphatic heterocycles. The maximum Gasteiger partial charge on any atom is 0.328 e. The van der Waals surface area contributed by atoms with Gasteiger partial charge in [-0.2, -0.15) is 0 Å². The molecular weight excluding hydrogens is 414 g/mol. The number of carbonyl (C=O) groups is 2. The van der Waals surface area contributed by atoms with E-state index in [4.69, 9.17) is 16.3 Å². The van der Waals surface area contributed by atoms with E-state index in [0.717, 1.165) is 16.5 Å². The van der Waals surface area contributed by atoms with Gasteiger partial charge in [-0.05, 0) is 30.7 Å². The molecule has 1 aromatic heterocycles. The molecule has 0 aliphatic carbocycles. The molecule has 1 aliphatic rings. The molecule has 1 saturated heterocycles. The lowest BCUT2D eigenvalue weighted by Crippen LogP contribution is -2.51. The molecule has 7 heteroatoms. The van der Waals surface area contributed by atoms with Crippen LogP contribution >= 0.6 is 11.6 Å². The molecule has 1 atom stereocenters. The lowest BCUT2D eigenvalue weighted by atomic mass is 10.0. The van der Waals surface area contributed by atoms with Crippen LogP contribution in [0.3, 0.4) is 0 Å². The number of ether oxygens (including phenoxy) is 1. The number of nitrogens with zero attached hydrogens (tertiary/aromatic N) is 3. The van der Waals surface area contributed by atoms with E-state index in [1.54, 1.807) is 19.1 Å². The number of rotatable bonds is 5. The minimum absolute atomic E-state index is 0.0237. The molecule has 31 heavy (non-hydrogen) atoms. The molecule has 3 aromatic rings. The van der Waals surface area contributed by atoms with E-state index in [-0.39, 0.29) is 11.9 Å².